The van der Waals surface area contributed by atoms with Crippen LogP contribution < -0.4 is 5.32 Å². The molecule has 6 heteroatoms. The van der Waals surface area contributed by atoms with Gasteiger partial charge in [-0.3, -0.25) is 4.57 Å². The zero-order valence-corrected chi connectivity index (χ0v) is 20.3. The first-order valence-electron chi connectivity index (χ1n) is 11.5. The number of hydrogen-bond acceptors (Lipinski definition) is 4. The summed E-state index contributed by atoms with van der Waals surface area (Å²) in [5, 5.41) is 3.34. The van der Waals surface area contributed by atoms with E-state index in [-0.39, 0.29) is 12.0 Å². The zero-order valence-electron chi connectivity index (χ0n) is 18.7. The Morgan fingerprint density at radius 1 is 1.09 bits per heavy atom. The van der Waals surface area contributed by atoms with Crippen LogP contribution in [0.2, 0.25) is 0 Å². The number of carbonyl (C=O) groups excluding carboxylic acids is 1. The van der Waals surface area contributed by atoms with E-state index >= 15 is 0 Å². The number of anilines is 1. The lowest BCUT2D eigenvalue weighted by molar-refractivity contribution is -0.139. The standard InChI is InChI=1S/C26H30BrN3O2/c1-3-4-5-6-7-10-16-32-25(31)23-18(2)28-26-29-21-14-8-9-15-22(21)30(26)24(23)19-12-11-13-20(27)17-19/h8-9,11-15,17,24H,3-7,10,16H2,1-2H3,(H,28,29)/t24-/m1/s1. The Balaban J connectivity index is 1.62. The number of allylic oxidation sites excluding steroid dienone is 1. The Morgan fingerprint density at radius 2 is 1.88 bits per heavy atom. The van der Waals surface area contributed by atoms with Gasteiger partial charge in [-0.25, -0.2) is 9.78 Å². The van der Waals surface area contributed by atoms with Crippen molar-refractivity contribution in [2.75, 3.05) is 11.9 Å². The number of hydrogen-bond donors (Lipinski definition) is 1. The number of para-hydroxylation sites is 2. The van der Waals surface area contributed by atoms with Crippen molar-refractivity contribution in [1.29, 1.82) is 0 Å². The largest absolute Gasteiger partial charge is 0.462 e. The summed E-state index contributed by atoms with van der Waals surface area (Å²) < 4.78 is 8.83. The first-order chi connectivity index (χ1) is 15.6. The van der Waals surface area contributed by atoms with E-state index in [1.807, 2.05) is 49.4 Å². The third-order valence-corrected chi connectivity index (χ3v) is 6.44. The van der Waals surface area contributed by atoms with E-state index in [0.717, 1.165) is 45.6 Å². The number of carbonyl (C=O) groups is 1. The summed E-state index contributed by atoms with van der Waals surface area (Å²) in [4.78, 5) is 18.1. The van der Waals surface area contributed by atoms with Gasteiger partial charge in [0.25, 0.3) is 0 Å². The van der Waals surface area contributed by atoms with Crippen LogP contribution in [0.3, 0.4) is 0 Å². The van der Waals surface area contributed by atoms with Crippen molar-refractivity contribution in [3.63, 3.8) is 0 Å². The lowest BCUT2D eigenvalue weighted by atomic mass is 9.95. The van der Waals surface area contributed by atoms with Crippen molar-refractivity contribution in [1.82, 2.24) is 9.55 Å². The minimum absolute atomic E-state index is 0.267. The van der Waals surface area contributed by atoms with Gasteiger partial charge < -0.3 is 10.1 Å². The summed E-state index contributed by atoms with van der Waals surface area (Å²) in [5.41, 5.74) is 4.30. The number of esters is 1. The van der Waals surface area contributed by atoms with Gasteiger partial charge in [0.15, 0.2) is 0 Å². The summed E-state index contributed by atoms with van der Waals surface area (Å²) in [6.07, 6.45) is 6.94. The van der Waals surface area contributed by atoms with E-state index < -0.39 is 0 Å². The van der Waals surface area contributed by atoms with Crippen molar-refractivity contribution < 1.29 is 9.53 Å². The molecule has 0 bridgehead atoms. The van der Waals surface area contributed by atoms with Crippen molar-refractivity contribution in [3.05, 3.63) is 69.8 Å². The van der Waals surface area contributed by atoms with Crippen molar-refractivity contribution in [2.45, 2.75) is 58.4 Å². The molecular formula is C26H30BrN3O2. The van der Waals surface area contributed by atoms with Crippen LogP contribution >= 0.6 is 15.9 Å². The molecule has 2 heterocycles. The van der Waals surface area contributed by atoms with Crippen LogP contribution in [0.4, 0.5) is 5.95 Å². The van der Waals surface area contributed by atoms with E-state index in [2.05, 4.69) is 38.8 Å². The van der Waals surface area contributed by atoms with Gasteiger partial charge in [-0.2, -0.15) is 0 Å². The summed E-state index contributed by atoms with van der Waals surface area (Å²) in [5.74, 6) is 0.470. The van der Waals surface area contributed by atoms with Crippen LogP contribution in [0.1, 0.15) is 64.0 Å². The van der Waals surface area contributed by atoms with Gasteiger partial charge in [-0.1, -0.05) is 79.2 Å². The van der Waals surface area contributed by atoms with Crippen molar-refractivity contribution in [2.24, 2.45) is 0 Å². The average molecular weight is 496 g/mol. The van der Waals surface area contributed by atoms with Crippen LogP contribution in [0.5, 0.6) is 0 Å². The number of rotatable bonds is 9. The number of unbranched alkanes of at least 4 members (excludes halogenated alkanes) is 5. The fourth-order valence-corrected chi connectivity index (χ4v) is 4.76. The number of halogens is 1. The molecule has 1 aliphatic rings. The maximum atomic E-state index is 13.3. The number of imidazole rings is 1. The van der Waals surface area contributed by atoms with Crippen LogP contribution in [0, 0.1) is 0 Å². The molecule has 5 nitrogen and oxygen atoms in total. The fourth-order valence-electron chi connectivity index (χ4n) is 4.35. The number of ether oxygens (including phenoxy) is 1. The fraction of sp³-hybridized carbons (Fsp3) is 0.385. The van der Waals surface area contributed by atoms with Gasteiger partial charge in [-0.05, 0) is 43.2 Å². The van der Waals surface area contributed by atoms with Crippen LogP contribution in [0.25, 0.3) is 11.0 Å². The molecule has 0 saturated heterocycles. The van der Waals surface area contributed by atoms with Crippen LogP contribution in [0.15, 0.2) is 64.3 Å². The molecule has 1 atom stereocenters. The third kappa shape index (κ3) is 4.75. The van der Waals surface area contributed by atoms with E-state index in [1.54, 1.807) is 0 Å². The molecule has 3 aromatic rings. The SMILES string of the molecule is CCCCCCCCOC(=O)C1=C(C)Nc2nc3ccccc3n2[C@@H]1c1cccc(Br)c1. The van der Waals surface area contributed by atoms with Gasteiger partial charge in [-0.15, -0.1) is 0 Å². The highest BCUT2D eigenvalue weighted by atomic mass is 79.9. The molecule has 32 heavy (non-hydrogen) atoms. The van der Waals surface area contributed by atoms with E-state index in [4.69, 9.17) is 9.72 Å². The Bertz CT molecular complexity index is 1140. The molecule has 0 amide bonds. The van der Waals surface area contributed by atoms with Crippen molar-refractivity contribution >= 4 is 38.9 Å². The lowest BCUT2D eigenvalue weighted by Crippen LogP contribution is -2.29. The molecule has 0 spiro atoms. The summed E-state index contributed by atoms with van der Waals surface area (Å²) in [6, 6.07) is 15.8. The summed E-state index contributed by atoms with van der Waals surface area (Å²) in [7, 11) is 0. The Hall–Kier alpha value is -2.60. The second kappa shape index (κ2) is 10.3. The molecule has 168 valence electrons. The summed E-state index contributed by atoms with van der Waals surface area (Å²) >= 11 is 3.59. The molecule has 4 rings (SSSR count). The average Bonchev–Trinajstić information content (AvgIpc) is 3.15. The highest BCUT2D eigenvalue weighted by Gasteiger charge is 2.35. The molecule has 2 aromatic carbocycles. The quantitative estimate of drug-likeness (QED) is 0.256. The smallest absolute Gasteiger partial charge is 0.338 e. The van der Waals surface area contributed by atoms with Gasteiger partial charge >= 0.3 is 5.97 Å². The monoisotopic (exact) mass is 495 g/mol. The molecule has 1 aliphatic heterocycles. The second-order valence-electron chi connectivity index (χ2n) is 8.32. The molecule has 0 unspecified atom stereocenters. The molecule has 0 aliphatic carbocycles. The molecule has 0 radical (unpaired) electrons. The van der Waals surface area contributed by atoms with E-state index in [1.165, 1.54) is 25.7 Å². The van der Waals surface area contributed by atoms with Gasteiger partial charge in [0.05, 0.1) is 29.3 Å². The molecule has 1 aromatic heterocycles. The minimum Gasteiger partial charge on any atom is -0.462 e. The third-order valence-electron chi connectivity index (χ3n) is 5.95. The molecule has 0 fully saturated rings. The van der Waals surface area contributed by atoms with Gasteiger partial charge in [0, 0.05) is 10.2 Å². The topological polar surface area (TPSA) is 56.1 Å². The maximum absolute atomic E-state index is 13.3. The van der Waals surface area contributed by atoms with Crippen LogP contribution in [-0.4, -0.2) is 22.1 Å². The number of fused-ring (bicyclic) bond motifs is 3. The molecule has 0 saturated carbocycles. The van der Waals surface area contributed by atoms with E-state index in [0.29, 0.717) is 12.2 Å². The van der Waals surface area contributed by atoms with E-state index in [9.17, 15) is 4.79 Å². The van der Waals surface area contributed by atoms with Crippen molar-refractivity contribution in [3.8, 4) is 0 Å². The van der Waals surface area contributed by atoms with Crippen LogP contribution in [-0.2, 0) is 9.53 Å². The zero-order chi connectivity index (χ0) is 22.5. The Morgan fingerprint density at radius 3 is 2.69 bits per heavy atom. The predicted octanol–water partition coefficient (Wildman–Crippen LogP) is 6.99. The van der Waals surface area contributed by atoms with Gasteiger partial charge in [0.2, 0.25) is 5.95 Å². The first-order valence-corrected chi connectivity index (χ1v) is 12.3. The Labute approximate surface area is 198 Å². The maximum Gasteiger partial charge on any atom is 0.338 e. The number of benzene rings is 2. The molecule has 1 N–H and O–H groups in total. The Kier molecular flexibility index (Phi) is 7.30. The number of aromatic nitrogens is 2. The predicted molar refractivity (Wildman–Crippen MR) is 133 cm³/mol. The first kappa shape index (κ1) is 22.6. The normalized spacial score (nSPS) is 15.5. The second-order valence-corrected chi connectivity index (χ2v) is 9.23. The summed E-state index contributed by atoms with van der Waals surface area (Å²) in [6.45, 7) is 4.59. The number of nitrogens with one attached hydrogen (secondary N) is 1. The minimum atomic E-state index is -0.312. The highest BCUT2D eigenvalue weighted by molar-refractivity contribution is 9.10. The lowest BCUT2D eigenvalue weighted by Gasteiger charge is -2.30. The number of nitrogens with zero attached hydrogens (tertiary/aromatic N) is 2. The molecular weight excluding hydrogens is 466 g/mol. The van der Waals surface area contributed by atoms with Gasteiger partial charge in [0.1, 0.15) is 0 Å². The highest BCUT2D eigenvalue weighted by Crippen LogP contribution is 2.40.